The molecule has 0 amide bonds. The minimum atomic E-state index is -0.409. The van der Waals surface area contributed by atoms with Gasteiger partial charge in [0, 0.05) is 18.5 Å². The average molecular weight is 307 g/mol. The van der Waals surface area contributed by atoms with Gasteiger partial charge in [-0.05, 0) is 41.6 Å². The van der Waals surface area contributed by atoms with Gasteiger partial charge in [0.25, 0.3) is 0 Å². The lowest BCUT2D eigenvalue weighted by atomic mass is 9.81. The van der Waals surface area contributed by atoms with Gasteiger partial charge in [-0.25, -0.2) is 4.39 Å². The second-order valence-electron chi connectivity index (χ2n) is 6.56. The molecule has 0 aliphatic carbocycles. The van der Waals surface area contributed by atoms with E-state index < -0.39 is 6.67 Å². The van der Waals surface area contributed by atoms with E-state index in [1.165, 1.54) is 36.1 Å². The molecule has 4 rings (SSSR count). The third kappa shape index (κ3) is 2.72. The Labute approximate surface area is 137 Å². The van der Waals surface area contributed by atoms with Crippen LogP contribution in [0, 0.1) is 0 Å². The Morgan fingerprint density at radius 1 is 1.04 bits per heavy atom. The first-order valence-electron chi connectivity index (χ1n) is 8.52. The smallest absolute Gasteiger partial charge is 0.108 e. The number of alkyl halides is 1. The van der Waals surface area contributed by atoms with Crippen molar-refractivity contribution in [2.75, 3.05) is 19.8 Å². The van der Waals surface area contributed by atoms with Crippen molar-refractivity contribution >= 4 is 6.08 Å². The summed E-state index contributed by atoms with van der Waals surface area (Å²) in [6.07, 6.45) is 5.99. The van der Waals surface area contributed by atoms with E-state index in [1.54, 1.807) is 6.08 Å². The van der Waals surface area contributed by atoms with Crippen molar-refractivity contribution in [2.24, 2.45) is 0 Å². The second kappa shape index (κ2) is 6.29. The molecular weight excluding hydrogens is 285 g/mol. The molecule has 0 spiro atoms. The monoisotopic (exact) mass is 307 g/mol. The predicted octanol–water partition coefficient (Wildman–Crippen LogP) is 4.95. The highest BCUT2D eigenvalue weighted by atomic mass is 19.1. The number of allylic oxidation sites excluding steroid dienone is 1. The first kappa shape index (κ1) is 14.6. The summed E-state index contributed by atoms with van der Waals surface area (Å²) in [5, 5.41) is 0. The molecule has 0 bridgehead atoms. The molecule has 2 atom stereocenters. The molecule has 2 aliphatic heterocycles. The van der Waals surface area contributed by atoms with Gasteiger partial charge in [0.05, 0.1) is 0 Å². The Morgan fingerprint density at radius 3 is 2.61 bits per heavy atom. The summed E-state index contributed by atoms with van der Waals surface area (Å²) in [7, 11) is 0. The zero-order valence-corrected chi connectivity index (χ0v) is 13.3. The van der Waals surface area contributed by atoms with Crippen molar-refractivity contribution < 1.29 is 4.39 Å². The highest BCUT2D eigenvalue weighted by Crippen LogP contribution is 2.43. The molecule has 2 heterocycles. The third-order valence-electron chi connectivity index (χ3n) is 5.25. The number of hydrogen-bond donors (Lipinski definition) is 0. The third-order valence-corrected chi connectivity index (χ3v) is 5.25. The van der Waals surface area contributed by atoms with Crippen LogP contribution in [-0.4, -0.2) is 24.7 Å². The molecule has 2 aromatic rings. The highest BCUT2D eigenvalue weighted by Gasteiger charge is 2.35. The molecule has 0 radical (unpaired) electrons. The molecule has 1 saturated heterocycles. The van der Waals surface area contributed by atoms with Crippen molar-refractivity contribution in [3.8, 4) is 0 Å². The van der Waals surface area contributed by atoms with Gasteiger partial charge in [0.15, 0.2) is 0 Å². The second-order valence-corrected chi connectivity index (χ2v) is 6.56. The van der Waals surface area contributed by atoms with Gasteiger partial charge in [0.2, 0.25) is 0 Å². The van der Waals surface area contributed by atoms with Gasteiger partial charge in [-0.15, -0.1) is 0 Å². The molecule has 0 N–H and O–H groups in total. The van der Waals surface area contributed by atoms with Crippen LogP contribution in [0.3, 0.4) is 0 Å². The van der Waals surface area contributed by atoms with Gasteiger partial charge >= 0.3 is 0 Å². The minimum Gasteiger partial charge on any atom is -0.295 e. The molecule has 1 nitrogen and oxygen atoms in total. The number of fused-ring (bicyclic) bond motifs is 3. The van der Waals surface area contributed by atoms with Gasteiger partial charge in [0.1, 0.15) is 6.67 Å². The summed E-state index contributed by atoms with van der Waals surface area (Å²) >= 11 is 0. The van der Waals surface area contributed by atoms with Gasteiger partial charge < -0.3 is 0 Å². The van der Waals surface area contributed by atoms with Crippen LogP contribution in [0.4, 0.5) is 4.39 Å². The summed E-state index contributed by atoms with van der Waals surface area (Å²) in [5.41, 5.74) is 5.43. The van der Waals surface area contributed by atoms with E-state index in [9.17, 15) is 4.39 Å². The van der Waals surface area contributed by atoms with Gasteiger partial charge in [-0.3, -0.25) is 4.90 Å². The maximum Gasteiger partial charge on any atom is 0.108 e. The first-order chi connectivity index (χ1) is 11.4. The Morgan fingerprint density at radius 2 is 1.83 bits per heavy atom. The van der Waals surface area contributed by atoms with Crippen LogP contribution in [0.15, 0.2) is 54.6 Å². The topological polar surface area (TPSA) is 3.24 Å². The normalized spacial score (nSPS) is 23.9. The maximum atomic E-state index is 12.2. The van der Waals surface area contributed by atoms with Gasteiger partial charge in [-0.1, -0.05) is 60.7 Å². The van der Waals surface area contributed by atoms with Crippen molar-refractivity contribution in [1.29, 1.82) is 0 Å². The van der Waals surface area contributed by atoms with Crippen molar-refractivity contribution in [2.45, 2.75) is 24.8 Å². The lowest BCUT2D eigenvalue weighted by Gasteiger charge is -2.37. The van der Waals surface area contributed by atoms with Crippen LogP contribution in [0.25, 0.3) is 6.08 Å². The van der Waals surface area contributed by atoms with Crippen LogP contribution in [0.1, 0.15) is 47.1 Å². The fraction of sp³-hybridized carbons (Fsp3) is 0.333. The molecule has 23 heavy (non-hydrogen) atoms. The average Bonchev–Trinajstić information content (AvgIpc) is 3.08. The zero-order chi connectivity index (χ0) is 15.6. The Hall–Kier alpha value is -1.93. The summed E-state index contributed by atoms with van der Waals surface area (Å²) < 4.78 is 12.2. The number of halogens is 1. The lowest BCUT2D eigenvalue weighted by Crippen LogP contribution is -2.34. The Balaban J connectivity index is 1.68. The van der Waals surface area contributed by atoms with Crippen LogP contribution in [0.5, 0.6) is 0 Å². The lowest BCUT2D eigenvalue weighted by molar-refractivity contribution is 0.230. The maximum absolute atomic E-state index is 12.2. The van der Waals surface area contributed by atoms with Crippen LogP contribution >= 0.6 is 0 Å². The standard InChI is InChI=1S/C21H22FN/c22-13-3-5-16-9-11-17(12-10-16)20-15-23-14-4-8-21(23)19-7-2-1-6-18(19)20/h1-3,5-7,9-12,20-21H,4,8,13-15H2/b5-3+. The summed E-state index contributed by atoms with van der Waals surface area (Å²) in [4.78, 5) is 2.64. The Bertz CT molecular complexity index is 704. The fourth-order valence-electron chi connectivity index (χ4n) is 4.17. The molecule has 2 aliphatic rings. The van der Waals surface area contributed by atoms with E-state index in [0.29, 0.717) is 12.0 Å². The number of benzene rings is 2. The summed E-state index contributed by atoms with van der Waals surface area (Å²) in [6, 6.07) is 18.2. The van der Waals surface area contributed by atoms with E-state index in [2.05, 4.69) is 53.4 Å². The summed E-state index contributed by atoms with van der Waals surface area (Å²) in [6.45, 7) is 1.92. The molecule has 0 saturated carbocycles. The predicted molar refractivity (Wildman–Crippen MR) is 93.3 cm³/mol. The van der Waals surface area contributed by atoms with Crippen LogP contribution in [-0.2, 0) is 0 Å². The quantitative estimate of drug-likeness (QED) is 0.775. The van der Waals surface area contributed by atoms with Crippen molar-refractivity contribution in [3.63, 3.8) is 0 Å². The van der Waals surface area contributed by atoms with E-state index in [0.717, 1.165) is 12.1 Å². The first-order valence-corrected chi connectivity index (χ1v) is 8.52. The molecule has 118 valence electrons. The molecule has 0 aromatic heterocycles. The fourth-order valence-corrected chi connectivity index (χ4v) is 4.17. The number of rotatable bonds is 3. The van der Waals surface area contributed by atoms with Crippen LogP contribution < -0.4 is 0 Å². The minimum absolute atomic E-state index is 0.409. The SMILES string of the molecule is FC/C=C/c1ccc(C2CN3CCCC3c3ccccc32)cc1. The van der Waals surface area contributed by atoms with Crippen LogP contribution in [0.2, 0.25) is 0 Å². The van der Waals surface area contributed by atoms with E-state index in [1.807, 2.05) is 6.08 Å². The van der Waals surface area contributed by atoms with Gasteiger partial charge in [-0.2, -0.15) is 0 Å². The molecule has 2 aromatic carbocycles. The van der Waals surface area contributed by atoms with E-state index >= 15 is 0 Å². The van der Waals surface area contributed by atoms with Crippen molar-refractivity contribution in [3.05, 3.63) is 76.9 Å². The van der Waals surface area contributed by atoms with E-state index in [4.69, 9.17) is 0 Å². The number of hydrogen-bond acceptors (Lipinski definition) is 1. The van der Waals surface area contributed by atoms with Crippen molar-refractivity contribution in [1.82, 2.24) is 4.90 Å². The highest BCUT2D eigenvalue weighted by molar-refractivity contribution is 5.51. The molecule has 2 unspecified atom stereocenters. The van der Waals surface area contributed by atoms with E-state index in [-0.39, 0.29) is 0 Å². The molecule has 2 heteroatoms. The summed E-state index contributed by atoms with van der Waals surface area (Å²) in [5.74, 6) is 0.444. The zero-order valence-electron chi connectivity index (χ0n) is 13.3. The number of nitrogens with zero attached hydrogens (tertiary/aromatic N) is 1. The largest absolute Gasteiger partial charge is 0.295 e. The molecule has 1 fully saturated rings. The Kier molecular flexibility index (Phi) is 4.00. The molecular formula is C21H22FN.